The SMILES string of the molecule is C[C@H](Nc1ccc2c(c1)OCCO2)C(=O)N(C)C. The molecule has 2 rings (SSSR count). The number of benzene rings is 1. The quantitative estimate of drug-likeness (QED) is 0.879. The lowest BCUT2D eigenvalue weighted by atomic mass is 10.2. The highest BCUT2D eigenvalue weighted by Crippen LogP contribution is 2.32. The van der Waals surface area contributed by atoms with Crippen molar-refractivity contribution < 1.29 is 14.3 Å². The smallest absolute Gasteiger partial charge is 0.244 e. The number of hydrogen-bond acceptors (Lipinski definition) is 4. The van der Waals surface area contributed by atoms with E-state index in [0.717, 1.165) is 17.2 Å². The summed E-state index contributed by atoms with van der Waals surface area (Å²) in [6, 6.07) is 5.31. The van der Waals surface area contributed by atoms with E-state index in [-0.39, 0.29) is 11.9 Å². The molecule has 0 aliphatic carbocycles. The van der Waals surface area contributed by atoms with Crippen molar-refractivity contribution in [3.8, 4) is 11.5 Å². The standard InChI is InChI=1S/C13H18N2O3/c1-9(13(16)15(2)3)14-10-4-5-11-12(8-10)18-7-6-17-11/h4-5,8-9,14H,6-7H2,1-3H3/t9-/m0/s1. The number of carbonyl (C=O) groups is 1. The first-order valence-electron chi connectivity index (χ1n) is 5.95. The van der Waals surface area contributed by atoms with Crippen molar-refractivity contribution in [3.05, 3.63) is 18.2 Å². The number of likely N-dealkylation sites (N-methyl/N-ethyl adjacent to an activating group) is 1. The molecule has 1 atom stereocenters. The van der Waals surface area contributed by atoms with Gasteiger partial charge in [0.1, 0.15) is 19.3 Å². The van der Waals surface area contributed by atoms with Gasteiger partial charge >= 0.3 is 0 Å². The first-order valence-corrected chi connectivity index (χ1v) is 5.95. The second kappa shape index (κ2) is 5.16. The molecule has 18 heavy (non-hydrogen) atoms. The van der Waals surface area contributed by atoms with Crippen LogP contribution in [0.1, 0.15) is 6.92 Å². The van der Waals surface area contributed by atoms with Crippen molar-refractivity contribution in [2.45, 2.75) is 13.0 Å². The molecule has 1 aromatic rings. The van der Waals surface area contributed by atoms with Gasteiger partial charge < -0.3 is 19.7 Å². The van der Waals surface area contributed by atoms with Crippen molar-refractivity contribution in [3.63, 3.8) is 0 Å². The monoisotopic (exact) mass is 250 g/mol. The molecular formula is C13H18N2O3. The summed E-state index contributed by atoms with van der Waals surface area (Å²) in [5, 5.41) is 3.15. The van der Waals surface area contributed by atoms with Crippen LogP contribution in [-0.4, -0.2) is 44.2 Å². The highest BCUT2D eigenvalue weighted by Gasteiger charge is 2.16. The Kier molecular flexibility index (Phi) is 3.60. The lowest BCUT2D eigenvalue weighted by Crippen LogP contribution is -2.36. The third kappa shape index (κ3) is 2.67. The molecule has 0 fully saturated rings. The molecule has 98 valence electrons. The summed E-state index contributed by atoms with van der Waals surface area (Å²) in [4.78, 5) is 13.3. The fraction of sp³-hybridized carbons (Fsp3) is 0.462. The third-order valence-corrected chi connectivity index (χ3v) is 2.74. The molecule has 5 heteroatoms. The first-order chi connectivity index (χ1) is 8.58. The van der Waals surface area contributed by atoms with Crippen LogP contribution in [-0.2, 0) is 4.79 Å². The van der Waals surface area contributed by atoms with Gasteiger partial charge in [0.15, 0.2) is 11.5 Å². The van der Waals surface area contributed by atoms with E-state index in [9.17, 15) is 4.79 Å². The van der Waals surface area contributed by atoms with Gasteiger partial charge in [0.2, 0.25) is 5.91 Å². The van der Waals surface area contributed by atoms with Crippen molar-refractivity contribution in [1.82, 2.24) is 4.90 Å². The summed E-state index contributed by atoms with van der Waals surface area (Å²) >= 11 is 0. The zero-order chi connectivity index (χ0) is 13.1. The van der Waals surface area contributed by atoms with Gasteiger partial charge in [0, 0.05) is 25.8 Å². The number of nitrogens with one attached hydrogen (secondary N) is 1. The van der Waals surface area contributed by atoms with E-state index in [2.05, 4.69) is 5.32 Å². The highest BCUT2D eigenvalue weighted by atomic mass is 16.6. The number of ether oxygens (including phenoxy) is 2. The molecule has 0 spiro atoms. The Labute approximate surface area is 107 Å². The third-order valence-electron chi connectivity index (χ3n) is 2.74. The van der Waals surface area contributed by atoms with Gasteiger partial charge in [-0.2, -0.15) is 0 Å². The molecule has 5 nitrogen and oxygen atoms in total. The number of amides is 1. The summed E-state index contributed by atoms with van der Waals surface area (Å²) in [6.07, 6.45) is 0. The van der Waals surface area contributed by atoms with Crippen LogP contribution in [0.3, 0.4) is 0 Å². The normalized spacial score (nSPS) is 14.8. The predicted molar refractivity (Wildman–Crippen MR) is 69.2 cm³/mol. The fourth-order valence-corrected chi connectivity index (χ4v) is 1.83. The molecule has 1 aliphatic heterocycles. The largest absolute Gasteiger partial charge is 0.486 e. The van der Waals surface area contributed by atoms with Crippen LogP contribution in [0.25, 0.3) is 0 Å². The maximum absolute atomic E-state index is 11.7. The average Bonchev–Trinajstić information content (AvgIpc) is 2.37. The van der Waals surface area contributed by atoms with Crippen molar-refractivity contribution in [2.24, 2.45) is 0 Å². The van der Waals surface area contributed by atoms with Gasteiger partial charge in [-0.3, -0.25) is 4.79 Å². The summed E-state index contributed by atoms with van der Waals surface area (Å²) in [5.74, 6) is 1.50. The summed E-state index contributed by atoms with van der Waals surface area (Å²) in [5.41, 5.74) is 0.849. The van der Waals surface area contributed by atoms with Crippen LogP contribution >= 0.6 is 0 Å². The average molecular weight is 250 g/mol. The second-order valence-corrected chi connectivity index (χ2v) is 4.46. The maximum atomic E-state index is 11.7. The van der Waals surface area contributed by atoms with E-state index >= 15 is 0 Å². The topological polar surface area (TPSA) is 50.8 Å². The van der Waals surface area contributed by atoms with Crippen LogP contribution in [0, 0.1) is 0 Å². The molecule has 1 N–H and O–H groups in total. The minimum absolute atomic E-state index is 0.0323. The summed E-state index contributed by atoms with van der Waals surface area (Å²) in [6.45, 7) is 2.97. The van der Waals surface area contributed by atoms with Crippen LogP contribution < -0.4 is 14.8 Å². The molecule has 0 radical (unpaired) electrons. The van der Waals surface area contributed by atoms with E-state index in [1.807, 2.05) is 25.1 Å². The number of nitrogens with zero attached hydrogens (tertiary/aromatic N) is 1. The zero-order valence-electron chi connectivity index (χ0n) is 10.9. The number of rotatable bonds is 3. The van der Waals surface area contributed by atoms with Crippen molar-refractivity contribution in [2.75, 3.05) is 32.6 Å². The van der Waals surface area contributed by atoms with Crippen LogP contribution in [0.4, 0.5) is 5.69 Å². The number of hydrogen-bond donors (Lipinski definition) is 1. The molecule has 0 saturated heterocycles. The van der Waals surface area contributed by atoms with Crippen LogP contribution in [0.2, 0.25) is 0 Å². The van der Waals surface area contributed by atoms with Crippen molar-refractivity contribution in [1.29, 1.82) is 0 Å². The van der Waals surface area contributed by atoms with Gasteiger partial charge in [-0.15, -0.1) is 0 Å². The van der Waals surface area contributed by atoms with Crippen LogP contribution in [0.5, 0.6) is 11.5 Å². The molecule has 0 bridgehead atoms. The Morgan fingerprint density at radius 3 is 2.61 bits per heavy atom. The first kappa shape index (κ1) is 12.5. The van der Waals surface area contributed by atoms with Gasteiger partial charge in [0.25, 0.3) is 0 Å². The van der Waals surface area contributed by atoms with Crippen LogP contribution in [0.15, 0.2) is 18.2 Å². The minimum Gasteiger partial charge on any atom is -0.486 e. The number of carbonyl (C=O) groups excluding carboxylic acids is 1. The molecule has 0 saturated carbocycles. The Bertz CT molecular complexity index is 446. The van der Waals surface area contributed by atoms with E-state index in [4.69, 9.17) is 9.47 Å². The lowest BCUT2D eigenvalue weighted by Gasteiger charge is -2.22. The molecule has 1 aliphatic rings. The number of anilines is 1. The van der Waals surface area contributed by atoms with Crippen molar-refractivity contribution >= 4 is 11.6 Å². The molecule has 1 aromatic carbocycles. The number of fused-ring (bicyclic) bond motifs is 1. The highest BCUT2D eigenvalue weighted by molar-refractivity contribution is 5.84. The lowest BCUT2D eigenvalue weighted by molar-refractivity contribution is -0.129. The van der Waals surface area contributed by atoms with Gasteiger partial charge in [0.05, 0.1) is 0 Å². The second-order valence-electron chi connectivity index (χ2n) is 4.46. The van der Waals surface area contributed by atoms with E-state index in [1.54, 1.807) is 19.0 Å². The minimum atomic E-state index is -0.275. The molecule has 1 heterocycles. The Balaban J connectivity index is 2.08. The molecule has 0 aromatic heterocycles. The molecule has 0 unspecified atom stereocenters. The van der Waals surface area contributed by atoms with E-state index < -0.39 is 0 Å². The Morgan fingerprint density at radius 1 is 1.28 bits per heavy atom. The van der Waals surface area contributed by atoms with Gasteiger partial charge in [-0.1, -0.05) is 0 Å². The van der Waals surface area contributed by atoms with Gasteiger partial charge in [-0.05, 0) is 19.1 Å². The molecule has 1 amide bonds. The molecular weight excluding hydrogens is 232 g/mol. The van der Waals surface area contributed by atoms with Gasteiger partial charge in [-0.25, -0.2) is 0 Å². The Hall–Kier alpha value is -1.91. The zero-order valence-corrected chi connectivity index (χ0v) is 10.9. The Morgan fingerprint density at radius 2 is 1.94 bits per heavy atom. The maximum Gasteiger partial charge on any atom is 0.244 e. The summed E-state index contributed by atoms with van der Waals surface area (Å²) in [7, 11) is 3.48. The predicted octanol–water partition coefficient (Wildman–Crippen LogP) is 1.35. The van der Waals surface area contributed by atoms with E-state index in [0.29, 0.717) is 13.2 Å². The fourth-order valence-electron chi connectivity index (χ4n) is 1.83. The van der Waals surface area contributed by atoms with E-state index in [1.165, 1.54) is 0 Å². The summed E-state index contributed by atoms with van der Waals surface area (Å²) < 4.78 is 10.9.